The van der Waals surface area contributed by atoms with E-state index in [0.717, 1.165) is 17.9 Å². The molecule has 1 N–H and O–H groups in total. The maximum Gasteiger partial charge on any atom is 0.220 e. The van der Waals surface area contributed by atoms with Crippen LogP contribution in [0.3, 0.4) is 0 Å². The van der Waals surface area contributed by atoms with E-state index in [0.29, 0.717) is 19.6 Å². The van der Waals surface area contributed by atoms with Crippen molar-refractivity contribution in [2.24, 2.45) is 0 Å². The molecule has 0 aliphatic heterocycles. The van der Waals surface area contributed by atoms with Crippen molar-refractivity contribution >= 4 is 5.91 Å². The molecule has 0 saturated heterocycles. The number of rotatable bonds is 8. The van der Waals surface area contributed by atoms with Crippen LogP contribution in [0.1, 0.15) is 17.5 Å². The molecule has 1 amide bonds. The molecule has 0 aliphatic rings. The minimum atomic E-state index is 0.0461. The van der Waals surface area contributed by atoms with Crippen LogP contribution in [-0.2, 0) is 11.2 Å². The molecule has 2 aromatic rings. The van der Waals surface area contributed by atoms with Crippen LogP contribution < -0.4 is 14.8 Å². The Hall–Kier alpha value is -2.49. The van der Waals surface area contributed by atoms with E-state index < -0.39 is 0 Å². The Bertz CT molecular complexity index is 623. The summed E-state index contributed by atoms with van der Waals surface area (Å²) in [6.45, 7) is 3.00. The molecule has 2 aromatic carbocycles. The molecule has 0 heterocycles. The first-order valence-electron chi connectivity index (χ1n) is 7.76. The number of benzene rings is 2. The van der Waals surface area contributed by atoms with Gasteiger partial charge in [0.15, 0.2) is 0 Å². The topological polar surface area (TPSA) is 47.6 Å². The lowest BCUT2D eigenvalue weighted by Gasteiger charge is -2.08. The molecule has 2 rings (SSSR count). The molecule has 0 spiro atoms. The molecule has 0 fully saturated rings. The van der Waals surface area contributed by atoms with Crippen LogP contribution in [0, 0.1) is 6.92 Å². The zero-order chi connectivity index (χ0) is 16.5. The highest BCUT2D eigenvalue weighted by Gasteiger charge is 2.02. The van der Waals surface area contributed by atoms with Gasteiger partial charge in [0.1, 0.15) is 18.1 Å². The molecule has 0 aliphatic carbocycles. The third-order valence-electron chi connectivity index (χ3n) is 3.48. The molecule has 0 radical (unpaired) electrons. The Labute approximate surface area is 137 Å². The average molecular weight is 313 g/mol. The largest absolute Gasteiger partial charge is 0.497 e. The molecule has 122 valence electrons. The summed E-state index contributed by atoms with van der Waals surface area (Å²) >= 11 is 0. The van der Waals surface area contributed by atoms with Crippen LogP contribution in [0.25, 0.3) is 0 Å². The van der Waals surface area contributed by atoms with Crippen molar-refractivity contribution < 1.29 is 14.3 Å². The fourth-order valence-corrected chi connectivity index (χ4v) is 2.25. The number of hydrogen-bond acceptors (Lipinski definition) is 3. The second-order valence-corrected chi connectivity index (χ2v) is 5.36. The monoisotopic (exact) mass is 313 g/mol. The van der Waals surface area contributed by atoms with Gasteiger partial charge in [0.05, 0.1) is 13.7 Å². The summed E-state index contributed by atoms with van der Waals surface area (Å²) in [5.41, 5.74) is 2.41. The van der Waals surface area contributed by atoms with Crippen molar-refractivity contribution in [1.29, 1.82) is 0 Å². The standard InChI is InChI=1S/C19H23NO3/c1-15-4-3-5-16(14-15)6-11-19(21)20-12-13-23-18-9-7-17(22-2)8-10-18/h3-5,7-10,14H,6,11-13H2,1-2H3,(H,20,21). The summed E-state index contributed by atoms with van der Waals surface area (Å²) < 4.78 is 10.6. The van der Waals surface area contributed by atoms with Gasteiger partial charge >= 0.3 is 0 Å². The molecular weight excluding hydrogens is 290 g/mol. The number of amides is 1. The molecule has 0 bridgehead atoms. The van der Waals surface area contributed by atoms with E-state index in [4.69, 9.17) is 9.47 Å². The van der Waals surface area contributed by atoms with E-state index in [1.807, 2.05) is 36.4 Å². The first-order chi connectivity index (χ1) is 11.2. The third kappa shape index (κ3) is 6.02. The summed E-state index contributed by atoms with van der Waals surface area (Å²) in [5.74, 6) is 1.60. The van der Waals surface area contributed by atoms with E-state index in [1.54, 1.807) is 7.11 Å². The first kappa shape index (κ1) is 16.9. The second kappa shape index (κ2) is 8.83. The second-order valence-electron chi connectivity index (χ2n) is 5.36. The molecular formula is C19H23NO3. The SMILES string of the molecule is COc1ccc(OCCNC(=O)CCc2cccc(C)c2)cc1. The minimum Gasteiger partial charge on any atom is -0.497 e. The van der Waals surface area contributed by atoms with Gasteiger partial charge in [-0.2, -0.15) is 0 Å². The van der Waals surface area contributed by atoms with E-state index >= 15 is 0 Å². The highest BCUT2D eigenvalue weighted by molar-refractivity contribution is 5.76. The van der Waals surface area contributed by atoms with Gasteiger partial charge < -0.3 is 14.8 Å². The van der Waals surface area contributed by atoms with Gasteiger partial charge in [-0.3, -0.25) is 4.79 Å². The van der Waals surface area contributed by atoms with Crippen molar-refractivity contribution in [1.82, 2.24) is 5.32 Å². The molecule has 0 saturated carbocycles. The number of carbonyl (C=O) groups excluding carboxylic acids is 1. The lowest BCUT2D eigenvalue weighted by molar-refractivity contribution is -0.121. The average Bonchev–Trinajstić information content (AvgIpc) is 2.57. The summed E-state index contributed by atoms with van der Waals surface area (Å²) in [5, 5.41) is 2.87. The molecule has 4 heteroatoms. The fourth-order valence-electron chi connectivity index (χ4n) is 2.25. The van der Waals surface area contributed by atoms with Crippen molar-refractivity contribution in [3.63, 3.8) is 0 Å². The predicted molar refractivity (Wildman–Crippen MR) is 91.0 cm³/mol. The third-order valence-corrected chi connectivity index (χ3v) is 3.48. The zero-order valence-corrected chi connectivity index (χ0v) is 13.7. The number of methoxy groups -OCH3 is 1. The van der Waals surface area contributed by atoms with Crippen molar-refractivity contribution in [2.75, 3.05) is 20.3 Å². The Kier molecular flexibility index (Phi) is 6.48. The Balaban J connectivity index is 1.62. The number of aryl methyl sites for hydroxylation is 2. The molecule has 23 heavy (non-hydrogen) atoms. The van der Waals surface area contributed by atoms with Gasteiger partial charge in [0.2, 0.25) is 5.91 Å². The summed E-state index contributed by atoms with van der Waals surface area (Å²) in [4.78, 5) is 11.8. The lowest BCUT2D eigenvalue weighted by atomic mass is 10.1. The van der Waals surface area contributed by atoms with E-state index in [-0.39, 0.29) is 5.91 Å². The van der Waals surface area contributed by atoms with Gasteiger partial charge in [-0.15, -0.1) is 0 Å². The minimum absolute atomic E-state index is 0.0461. The van der Waals surface area contributed by atoms with Crippen LogP contribution in [0.15, 0.2) is 48.5 Å². The van der Waals surface area contributed by atoms with Crippen molar-refractivity contribution in [3.05, 3.63) is 59.7 Å². The van der Waals surface area contributed by atoms with E-state index in [2.05, 4.69) is 24.4 Å². The summed E-state index contributed by atoms with van der Waals surface area (Å²) in [6, 6.07) is 15.6. The Morgan fingerprint density at radius 1 is 1.09 bits per heavy atom. The van der Waals surface area contributed by atoms with E-state index in [9.17, 15) is 4.79 Å². The maximum atomic E-state index is 11.8. The number of carbonyl (C=O) groups is 1. The molecule has 0 aromatic heterocycles. The fraction of sp³-hybridized carbons (Fsp3) is 0.316. The van der Waals surface area contributed by atoms with Crippen LogP contribution >= 0.6 is 0 Å². The molecule has 0 unspecified atom stereocenters. The Morgan fingerprint density at radius 2 is 1.83 bits per heavy atom. The number of hydrogen-bond donors (Lipinski definition) is 1. The molecule has 4 nitrogen and oxygen atoms in total. The smallest absolute Gasteiger partial charge is 0.220 e. The van der Waals surface area contributed by atoms with Crippen LogP contribution in [0.4, 0.5) is 0 Å². The Morgan fingerprint density at radius 3 is 2.52 bits per heavy atom. The van der Waals surface area contributed by atoms with E-state index in [1.165, 1.54) is 11.1 Å². The van der Waals surface area contributed by atoms with Gasteiger partial charge in [-0.05, 0) is 43.2 Å². The lowest BCUT2D eigenvalue weighted by Crippen LogP contribution is -2.28. The normalized spacial score (nSPS) is 10.2. The summed E-state index contributed by atoms with van der Waals surface area (Å²) in [6.07, 6.45) is 1.25. The number of ether oxygens (including phenoxy) is 2. The van der Waals surface area contributed by atoms with Gasteiger partial charge in [0.25, 0.3) is 0 Å². The molecule has 0 atom stereocenters. The first-order valence-corrected chi connectivity index (χ1v) is 7.76. The van der Waals surface area contributed by atoms with Crippen LogP contribution in [-0.4, -0.2) is 26.2 Å². The zero-order valence-electron chi connectivity index (χ0n) is 13.7. The number of nitrogens with one attached hydrogen (secondary N) is 1. The predicted octanol–water partition coefficient (Wildman–Crippen LogP) is 3.13. The highest BCUT2D eigenvalue weighted by Crippen LogP contribution is 2.16. The quantitative estimate of drug-likeness (QED) is 0.762. The van der Waals surface area contributed by atoms with Gasteiger partial charge in [0, 0.05) is 6.42 Å². The van der Waals surface area contributed by atoms with Crippen LogP contribution in [0.5, 0.6) is 11.5 Å². The van der Waals surface area contributed by atoms with Crippen molar-refractivity contribution in [3.8, 4) is 11.5 Å². The van der Waals surface area contributed by atoms with Crippen molar-refractivity contribution in [2.45, 2.75) is 19.8 Å². The summed E-state index contributed by atoms with van der Waals surface area (Å²) in [7, 11) is 1.63. The van der Waals surface area contributed by atoms with Gasteiger partial charge in [-0.1, -0.05) is 29.8 Å². The maximum absolute atomic E-state index is 11.8. The highest BCUT2D eigenvalue weighted by atomic mass is 16.5. The van der Waals surface area contributed by atoms with Crippen LogP contribution in [0.2, 0.25) is 0 Å². The van der Waals surface area contributed by atoms with Gasteiger partial charge in [-0.25, -0.2) is 0 Å².